The second kappa shape index (κ2) is 6.13. The van der Waals surface area contributed by atoms with Crippen molar-refractivity contribution in [3.05, 3.63) is 57.8 Å². The Hall–Kier alpha value is -2.76. The van der Waals surface area contributed by atoms with Crippen LogP contribution in [-0.2, 0) is 4.74 Å². The van der Waals surface area contributed by atoms with Gasteiger partial charge in [0.05, 0.1) is 28.5 Å². The van der Waals surface area contributed by atoms with Crippen LogP contribution in [0.1, 0.15) is 23.0 Å². The minimum Gasteiger partial charge on any atom is -0.462 e. The minimum atomic E-state index is -0.455. The molecule has 0 saturated heterocycles. The van der Waals surface area contributed by atoms with Gasteiger partial charge in [-0.3, -0.25) is 15.1 Å². The van der Waals surface area contributed by atoms with E-state index in [0.29, 0.717) is 29.1 Å². The van der Waals surface area contributed by atoms with E-state index in [4.69, 9.17) is 4.74 Å². The monoisotopic (exact) mass is 286 g/mol. The molecule has 0 fully saturated rings. The quantitative estimate of drug-likeness (QED) is 0.490. The number of esters is 1. The van der Waals surface area contributed by atoms with Crippen LogP contribution in [0.2, 0.25) is 0 Å². The van der Waals surface area contributed by atoms with Crippen molar-refractivity contribution >= 4 is 11.7 Å². The fourth-order valence-corrected chi connectivity index (χ4v) is 1.93. The van der Waals surface area contributed by atoms with E-state index >= 15 is 0 Å². The van der Waals surface area contributed by atoms with Crippen LogP contribution in [0.15, 0.2) is 36.4 Å². The first-order valence-corrected chi connectivity index (χ1v) is 6.42. The number of aromatic nitrogens is 1. The number of aryl methyl sites for hydroxylation is 1. The van der Waals surface area contributed by atoms with E-state index in [1.54, 1.807) is 38.1 Å². The van der Waals surface area contributed by atoms with Crippen LogP contribution < -0.4 is 0 Å². The van der Waals surface area contributed by atoms with E-state index in [0.717, 1.165) is 0 Å². The summed E-state index contributed by atoms with van der Waals surface area (Å²) in [7, 11) is 0. The Kier molecular flexibility index (Phi) is 4.27. The Morgan fingerprint density at radius 2 is 2.10 bits per heavy atom. The fraction of sp³-hybridized carbons (Fsp3) is 0.200. The van der Waals surface area contributed by atoms with Gasteiger partial charge in [-0.25, -0.2) is 4.79 Å². The van der Waals surface area contributed by atoms with Gasteiger partial charge < -0.3 is 4.74 Å². The molecule has 1 aromatic heterocycles. The first-order chi connectivity index (χ1) is 10.0. The largest absolute Gasteiger partial charge is 0.462 e. The second-order valence-corrected chi connectivity index (χ2v) is 4.36. The van der Waals surface area contributed by atoms with Crippen LogP contribution >= 0.6 is 0 Å². The van der Waals surface area contributed by atoms with Gasteiger partial charge in [0.15, 0.2) is 0 Å². The molecule has 0 N–H and O–H groups in total. The van der Waals surface area contributed by atoms with Crippen molar-refractivity contribution in [3.8, 4) is 11.3 Å². The number of pyridine rings is 1. The van der Waals surface area contributed by atoms with Gasteiger partial charge in [0.25, 0.3) is 5.69 Å². The average molecular weight is 286 g/mol. The van der Waals surface area contributed by atoms with Crippen molar-refractivity contribution in [3.63, 3.8) is 0 Å². The molecule has 0 atom stereocenters. The molecule has 0 aliphatic rings. The predicted molar refractivity (Wildman–Crippen MR) is 77.0 cm³/mol. The van der Waals surface area contributed by atoms with Crippen molar-refractivity contribution in [1.82, 2.24) is 4.98 Å². The molecule has 2 rings (SSSR count). The zero-order chi connectivity index (χ0) is 15.4. The van der Waals surface area contributed by atoms with Gasteiger partial charge >= 0.3 is 5.97 Å². The molecule has 0 aliphatic heterocycles. The average Bonchev–Trinajstić information content (AvgIpc) is 2.47. The lowest BCUT2D eigenvalue weighted by atomic mass is 10.1. The highest BCUT2D eigenvalue weighted by Crippen LogP contribution is 2.23. The van der Waals surface area contributed by atoms with Crippen LogP contribution in [0.5, 0.6) is 0 Å². The Morgan fingerprint density at radius 1 is 1.33 bits per heavy atom. The molecule has 0 saturated carbocycles. The first-order valence-electron chi connectivity index (χ1n) is 6.42. The van der Waals surface area contributed by atoms with E-state index in [1.807, 2.05) is 0 Å². The van der Waals surface area contributed by atoms with Crippen molar-refractivity contribution in [2.45, 2.75) is 13.8 Å². The highest BCUT2D eigenvalue weighted by atomic mass is 16.6. The van der Waals surface area contributed by atoms with Crippen molar-refractivity contribution < 1.29 is 14.5 Å². The number of carbonyl (C=O) groups is 1. The standard InChI is InChI=1S/C15H14N2O4/c1-3-21-15(18)13-7-8-14(16-10(13)2)11-5-4-6-12(9-11)17(19)20/h4-9H,3H2,1-2H3. The third-order valence-electron chi connectivity index (χ3n) is 2.93. The van der Waals surface area contributed by atoms with Crippen LogP contribution in [-0.4, -0.2) is 22.5 Å². The van der Waals surface area contributed by atoms with Crippen LogP contribution in [0.3, 0.4) is 0 Å². The van der Waals surface area contributed by atoms with Crippen LogP contribution in [0.4, 0.5) is 5.69 Å². The smallest absolute Gasteiger partial charge is 0.339 e. The lowest BCUT2D eigenvalue weighted by molar-refractivity contribution is -0.384. The molecule has 6 heteroatoms. The Morgan fingerprint density at radius 3 is 2.71 bits per heavy atom. The molecule has 0 spiro atoms. The molecule has 1 heterocycles. The summed E-state index contributed by atoms with van der Waals surface area (Å²) in [5.74, 6) is -0.423. The van der Waals surface area contributed by atoms with Gasteiger partial charge in [0, 0.05) is 17.7 Å². The highest BCUT2D eigenvalue weighted by molar-refractivity contribution is 5.91. The van der Waals surface area contributed by atoms with Crippen LogP contribution in [0.25, 0.3) is 11.3 Å². The van der Waals surface area contributed by atoms with Crippen molar-refractivity contribution in [1.29, 1.82) is 0 Å². The summed E-state index contributed by atoms with van der Waals surface area (Å²) >= 11 is 0. The summed E-state index contributed by atoms with van der Waals surface area (Å²) in [6.45, 7) is 3.73. The molecular weight excluding hydrogens is 272 g/mol. The maximum atomic E-state index is 11.7. The number of hydrogen-bond acceptors (Lipinski definition) is 5. The lowest BCUT2D eigenvalue weighted by Gasteiger charge is -2.07. The van der Waals surface area contributed by atoms with Crippen molar-refractivity contribution in [2.24, 2.45) is 0 Å². The predicted octanol–water partition coefficient (Wildman–Crippen LogP) is 3.14. The summed E-state index contributed by atoms with van der Waals surface area (Å²) in [6.07, 6.45) is 0. The summed E-state index contributed by atoms with van der Waals surface area (Å²) < 4.78 is 4.94. The fourth-order valence-electron chi connectivity index (χ4n) is 1.93. The molecule has 108 valence electrons. The number of benzene rings is 1. The number of hydrogen-bond donors (Lipinski definition) is 0. The number of rotatable bonds is 4. The van der Waals surface area contributed by atoms with Gasteiger partial charge in [-0.05, 0) is 26.0 Å². The molecule has 0 unspecified atom stereocenters. The maximum absolute atomic E-state index is 11.7. The summed E-state index contributed by atoms with van der Waals surface area (Å²) in [5.41, 5.74) is 2.12. The zero-order valence-electron chi connectivity index (χ0n) is 11.7. The Bertz CT molecular complexity index is 698. The summed E-state index contributed by atoms with van der Waals surface area (Å²) in [5, 5.41) is 10.8. The number of carbonyl (C=O) groups excluding carboxylic acids is 1. The maximum Gasteiger partial charge on any atom is 0.339 e. The topological polar surface area (TPSA) is 82.3 Å². The van der Waals surface area contributed by atoms with E-state index in [1.165, 1.54) is 12.1 Å². The van der Waals surface area contributed by atoms with E-state index in [-0.39, 0.29) is 5.69 Å². The lowest BCUT2D eigenvalue weighted by Crippen LogP contribution is -2.08. The number of nitro groups is 1. The van der Waals surface area contributed by atoms with E-state index < -0.39 is 10.9 Å². The number of nitro benzene ring substituents is 1. The molecule has 0 aliphatic carbocycles. The molecule has 2 aromatic rings. The second-order valence-electron chi connectivity index (χ2n) is 4.36. The van der Waals surface area contributed by atoms with Crippen LogP contribution in [0, 0.1) is 17.0 Å². The molecule has 21 heavy (non-hydrogen) atoms. The normalized spacial score (nSPS) is 10.2. The number of nitrogens with zero attached hydrogens (tertiary/aromatic N) is 2. The first kappa shape index (κ1) is 14.6. The van der Waals surface area contributed by atoms with E-state index in [9.17, 15) is 14.9 Å². The van der Waals surface area contributed by atoms with Gasteiger partial charge in [-0.1, -0.05) is 12.1 Å². The minimum absolute atomic E-state index is 0.00132. The van der Waals surface area contributed by atoms with Gasteiger partial charge in [0.1, 0.15) is 0 Å². The zero-order valence-corrected chi connectivity index (χ0v) is 11.7. The molecule has 0 radical (unpaired) electrons. The molecule has 6 nitrogen and oxygen atoms in total. The molecule has 0 bridgehead atoms. The third-order valence-corrected chi connectivity index (χ3v) is 2.93. The SMILES string of the molecule is CCOC(=O)c1ccc(-c2cccc([N+](=O)[O-])c2)nc1C. The van der Waals surface area contributed by atoms with Gasteiger partial charge in [0.2, 0.25) is 0 Å². The Balaban J connectivity index is 2.38. The third kappa shape index (κ3) is 3.22. The molecular formula is C15H14N2O4. The van der Waals surface area contributed by atoms with Gasteiger partial charge in [-0.15, -0.1) is 0 Å². The van der Waals surface area contributed by atoms with Crippen molar-refractivity contribution in [2.75, 3.05) is 6.61 Å². The van der Waals surface area contributed by atoms with Gasteiger partial charge in [-0.2, -0.15) is 0 Å². The number of non-ortho nitro benzene ring substituents is 1. The Labute approximate surface area is 121 Å². The summed E-state index contributed by atoms with van der Waals surface area (Å²) in [6, 6.07) is 9.48. The summed E-state index contributed by atoms with van der Waals surface area (Å²) in [4.78, 5) is 26.4. The molecule has 1 aromatic carbocycles. The highest BCUT2D eigenvalue weighted by Gasteiger charge is 2.13. The number of ether oxygens (including phenoxy) is 1. The molecule has 0 amide bonds. The van der Waals surface area contributed by atoms with E-state index in [2.05, 4.69) is 4.98 Å².